The molecule has 0 saturated carbocycles. The van der Waals surface area contributed by atoms with Crippen molar-refractivity contribution >= 4 is 12.0 Å². The average molecular weight is 282 g/mol. The molecule has 2 atom stereocenters. The van der Waals surface area contributed by atoms with E-state index in [-0.39, 0.29) is 19.5 Å². The third-order valence-corrected chi connectivity index (χ3v) is 3.16. The number of likely N-dealkylation sites (tertiary alicyclic amines) is 1. The number of carbonyl (C=O) groups excluding carboxylic acids is 1. The van der Waals surface area contributed by atoms with Crippen molar-refractivity contribution in [3.8, 4) is 0 Å². The van der Waals surface area contributed by atoms with Crippen LogP contribution in [0.2, 0.25) is 0 Å². The Hall–Kier alpha value is -2.15. The van der Waals surface area contributed by atoms with Gasteiger partial charge in [0.25, 0.3) is 0 Å². The molecule has 0 spiro atoms. The molecule has 0 aliphatic carbocycles. The van der Waals surface area contributed by atoms with Crippen molar-refractivity contribution < 1.29 is 24.2 Å². The minimum Gasteiger partial charge on any atom is -0.480 e. The molecule has 0 aromatic heterocycles. The fourth-order valence-electron chi connectivity index (χ4n) is 2.20. The molecule has 2 amide bonds. The van der Waals surface area contributed by atoms with E-state index in [1.165, 1.54) is 18.2 Å². The summed E-state index contributed by atoms with van der Waals surface area (Å²) < 4.78 is 13.0. The predicted octanol–water partition coefficient (Wildman–Crippen LogP) is 0.555. The molecule has 1 fully saturated rings. The van der Waals surface area contributed by atoms with E-state index in [0.29, 0.717) is 5.56 Å². The van der Waals surface area contributed by atoms with Crippen LogP contribution in [-0.2, 0) is 11.3 Å². The molecule has 20 heavy (non-hydrogen) atoms. The van der Waals surface area contributed by atoms with Crippen molar-refractivity contribution in [1.29, 1.82) is 0 Å². The van der Waals surface area contributed by atoms with Crippen molar-refractivity contribution in [2.75, 3.05) is 6.54 Å². The number of halogens is 1. The topological polar surface area (TPSA) is 89.9 Å². The Kier molecular flexibility index (Phi) is 4.19. The van der Waals surface area contributed by atoms with Gasteiger partial charge >= 0.3 is 12.0 Å². The van der Waals surface area contributed by atoms with Gasteiger partial charge in [0.2, 0.25) is 0 Å². The van der Waals surface area contributed by atoms with Crippen LogP contribution in [-0.4, -0.2) is 45.8 Å². The zero-order valence-corrected chi connectivity index (χ0v) is 10.6. The summed E-state index contributed by atoms with van der Waals surface area (Å²) in [4.78, 5) is 24.0. The Balaban J connectivity index is 1.96. The number of hydrogen-bond acceptors (Lipinski definition) is 3. The first-order valence-corrected chi connectivity index (χ1v) is 6.17. The third kappa shape index (κ3) is 3.24. The lowest BCUT2D eigenvalue weighted by Crippen LogP contribution is -2.45. The number of nitrogens with one attached hydrogen (secondary N) is 1. The van der Waals surface area contributed by atoms with Crippen LogP contribution in [0.25, 0.3) is 0 Å². The minimum atomic E-state index is -1.15. The molecule has 1 heterocycles. The normalized spacial score (nSPS) is 21.8. The number of carboxylic acids is 1. The highest BCUT2D eigenvalue weighted by Gasteiger charge is 2.38. The van der Waals surface area contributed by atoms with Crippen molar-refractivity contribution in [3.05, 3.63) is 35.6 Å². The highest BCUT2D eigenvalue weighted by molar-refractivity contribution is 5.83. The van der Waals surface area contributed by atoms with E-state index < -0.39 is 30.0 Å². The van der Waals surface area contributed by atoms with Crippen LogP contribution >= 0.6 is 0 Å². The van der Waals surface area contributed by atoms with Gasteiger partial charge < -0.3 is 20.4 Å². The first-order valence-electron chi connectivity index (χ1n) is 6.17. The standard InChI is InChI=1S/C13H15FN2O4/c14-9-3-1-2-8(4-9)6-15-13(20)16-7-10(17)5-11(16)12(18)19/h1-4,10-11,17H,5-7H2,(H,15,20)(H,18,19)/t10?,11-/m0/s1. The molecule has 0 radical (unpaired) electrons. The van der Waals surface area contributed by atoms with Crippen LogP contribution in [0.1, 0.15) is 12.0 Å². The number of urea groups is 1. The molecule has 2 rings (SSSR count). The maximum Gasteiger partial charge on any atom is 0.326 e. The van der Waals surface area contributed by atoms with Crippen molar-refractivity contribution in [3.63, 3.8) is 0 Å². The Morgan fingerprint density at radius 1 is 1.45 bits per heavy atom. The SMILES string of the molecule is O=C(O)[C@@H]1CC(O)CN1C(=O)NCc1cccc(F)c1. The zero-order chi connectivity index (χ0) is 14.7. The monoisotopic (exact) mass is 282 g/mol. The summed E-state index contributed by atoms with van der Waals surface area (Å²) in [5.41, 5.74) is 0.574. The number of nitrogens with zero attached hydrogens (tertiary/aromatic N) is 1. The van der Waals surface area contributed by atoms with E-state index in [1.807, 2.05) is 0 Å². The first-order chi connectivity index (χ1) is 9.47. The Morgan fingerprint density at radius 2 is 2.20 bits per heavy atom. The fourth-order valence-corrected chi connectivity index (χ4v) is 2.20. The molecular weight excluding hydrogens is 267 g/mol. The number of benzene rings is 1. The number of carbonyl (C=O) groups is 2. The summed E-state index contributed by atoms with van der Waals surface area (Å²) in [5.74, 6) is -1.56. The van der Waals surface area contributed by atoms with Gasteiger partial charge in [-0.05, 0) is 17.7 Å². The molecule has 7 heteroatoms. The van der Waals surface area contributed by atoms with Crippen LogP contribution < -0.4 is 5.32 Å². The lowest BCUT2D eigenvalue weighted by Gasteiger charge is -2.21. The Bertz CT molecular complexity index is 523. The van der Waals surface area contributed by atoms with Crippen molar-refractivity contribution in [2.45, 2.75) is 25.1 Å². The van der Waals surface area contributed by atoms with Gasteiger partial charge in [-0.25, -0.2) is 14.0 Å². The molecule has 1 aliphatic heterocycles. The highest BCUT2D eigenvalue weighted by atomic mass is 19.1. The Morgan fingerprint density at radius 3 is 2.85 bits per heavy atom. The van der Waals surface area contributed by atoms with Crippen LogP contribution in [0.5, 0.6) is 0 Å². The zero-order valence-electron chi connectivity index (χ0n) is 10.6. The van der Waals surface area contributed by atoms with Crippen molar-refractivity contribution in [1.82, 2.24) is 10.2 Å². The van der Waals surface area contributed by atoms with Gasteiger partial charge in [0, 0.05) is 19.5 Å². The van der Waals surface area contributed by atoms with E-state index in [2.05, 4.69) is 5.32 Å². The number of hydrogen-bond donors (Lipinski definition) is 3. The molecule has 1 aromatic carbocycles. The molecular formula is C13H15FN2O4. The lowest BCUT2D eigenvalue weighted by molar-refractivity contribution is -0.141. The summed E-state index contributed by atoms with van der Waals surface area (Å²) >= 11 is 0. The summed E-state index contributed by atoms with van der Waals surface area (Å²) in [6.45, 7) is 0.0709. The number of carboxylic acid groups (broad SMARTS) is 1. The third-order valence-electron chi connectivity index (χ3n) is 3.16. The molecule has 1 aromatic rings. The smallest absolute Gasteiger partial charge is 0.326 e. The van der Waals surface area contributed by atoms with Gasteiger partial charge in [-0.1, -0.05) is 12.1 Å². The number of β-amino-alcohol motifs (C(OH)–C–C–N with tert-alkyl or cyclic N) is 1. The van der Waals surface area contributed by atoms with Gasteiger partial charge in [0.1, 0.15) is 11.9 Å². The predicted molar refractivity (Wildman–Crippen MR) is 67.4 cm³/mol. The van der Waals surface area contributed by atoms with Gasteiger partial charge in [-0.3, -0.25) is 0 Å². The number of rotatable bonds is 3. The molecule has 3 N–H and O–H groups in total. The van der Waals surface area contributed by atoms with Crippen LogP contribution in [0.15, 0.2) is 24.3 Å². The fraction of sp³-hybridized carbons (Fsp3) is 0.385. The van der Waals surface area contributed by atoms with Gasteiger partial charge in [-0.2, -0.15) is 0 Å². The minimum absolute atomic E-state index is 0.0166. The number of aliphatic hydroxyl groups excluding tert-OH is 1. The molecule has 1 unspecified atom stereocenters. The maximum atomic E-state index is 13.0. The number of aliphatic hydroxyl groups is 1. The van der Waals surface area contributed by atoms with Crippen molar-refractivity contribution in [2.24, 2.45) is 0 Å². The first kappa shape index (κ1) is 14.3. The second-order valence-electron chi connectivity index (χ2n) is 4.68. The summed E-state index contributed by atoms with van der Waals surface area (Å²) in [5, 5.41) is 21.0. The molecule has 1 saturated heterocycles. The average Bonchev–Trinajstić information content (AvgIpc) is 2.78. The van der Waals surface area contributed by atoms with E-state index >= 15 is 0 Å². The van der Waals surface area contributed by atoms with E-state index in [0.717, 1.165) is 4.90 Å². The lowest BCUT2D eigenvalue weighted by atomic mass is 10.2. The molecule has 6 nitrogen and oxygen atoms in total. The van der Waals surface area contributed by atoms with E-state index in [4.69, 9.17) is 5.11 Å². The van der Waals surface area contributed by atoms with Gasteiger partial charge in [-0.15, -0.1) is 0 Å². The van der Waals surface area contributed by atoms with Crippen LogP contribution in [0.3, 0.4) is 0 Å². The van der Waals surface area contributed by atoms with Gasteiger partial charge in [0.05, 0.1) is 6.10 Å². The second-order valence-corrected chi connectivity index (χ2v) is 4.68. The summed E-state index contributed by atoms with van der Waals surface area (Å²) in [6, 6.07) is 4.14. The summed E-state index contributed by atoms with van der Waals surface area (Å²) in [7, 11) is 0. The Labute approximate surface area is 114 Å². The van der Waals surface area contributed by atoms with Crippen LogP contribution in [0.4, 0.5) is 9.18 Å². The molecule has 1 aliphatic rings. The number of amides is 2. The quantitative estimate of drug-likeness (QED) is 0.755. The second kappa shape index (κ2) is 5.87. The largest absolute Gasteiger partial charge is 0.480 e. The molecule has 0 bridgehead atoms. The maximum absolute atomic E-state index is 13.0. The molecule has 108 valence electrons. The van der Waals surface area contributed by atoms with E-state index in [1.54, 1.807) is 6.07 Å². The van der Waals surface area contributed by atoms with Gasteiger partial charge in [0.15, 0.2) is 0 Å². The summed E-state index contributed by atoms with van der Waals surface area (Å²) in [6.07, 6.45) is -0.820. The number of aliphatic carboxylic acids is 1. The van der Waals surface area contributed by atoms with Crippen LogP contribution in [0, 0.1) is 5.82 Å². The highest BCUT2D eigenvalue weighted by Crippen LogP contribution is 2.18. The van der Waals surface area contributed by atoms with E-state index in [9.17, 15) is 19.1 Å².